The lowest BCUT2D eigenvalue weighted by atomic mass is 10.2. The smallest absolute Gasteiger partial charge is 0.266 e. The van der Waals surface area contributed by atoms with Crippen LogP contribution in [0.3, 0.4) is 0 Å². The second-order valence-corrected chi connectivity index (χ2v) is 7.80. The third-order valence-electron chi connectivity index (χ3n) is 4.71. The molecule has 1 heterocycles. The number of hydrogen-bond acceptors (Lipinski definition) is 6. The van der Waals surface area contributed by atoms with Crippen LogP contribution in [0, 0.1) is 5.82 Å². The molecule has 0 radical (unpaired) electrons. The van der Waals surface area contributed by atoms with Crippen molar-refractivity contribution in [2.24, 2.45) is 5.10 Å². The number of halogens is 1. The first-order valence-electron chi connectivity index (χ1n) is 9.92. The fraction of sp³-hybridized carbons (Fsp3) is 0.0833. The molecular formula is C24H19FN4O3S. The summed E-state index contributed by atoms with van der Waals surface area (Å²) >= 11 is 1.10. The maximum Gasteiger partial charge on any atom is 0.266 e. The van der Waals surface area contributed by atoms with Gasteiger partial charge < -0.3 is 4.74 Å². The fourth-order valence-electron chi connectivity index (χ4n) is 3.08. The summed E-state index contributed by atoms with van der Waals surface area (Å²) in [6.07, 6.45) is 1.24. The standard InChI is InChI=1S/C24H19FN4O3S/c1-32-18-12-10-17(11-13-18)29-23(31)19-7-3-5-9-21(19)27-24(29)33-15-22(30)28-26-14-16-6-2-4-8-20(16)25/h2-14H,15H2,1H3,(H,28,30)/b26-14-. The number of thioether (sulfide) groups is 1. The summed E-state index contributed by atoms with van der Waals surface area (Å²) in [4.78, 5) is 30.1. The minimum absolute atomic E-state index is 0.0461. The lowest BCUT2D eigenvalue weighted by molar-refractivity contribution is -0.118. The number of hydrazone groups is 1. The van der Waals surface area contributed by atoms with Crippen molar-refractivity contribution in [2.75, 3.05) is 12.9 Å². The number of aromatic nitrogens is 2. The van der Waals surface area contributed by atoms with Gasteiger partial charge >= 0.3 is 0 Å². The van der Waals surface area contributed by atoms with Crippen LogP contribution in [0.15, 0.2) is 87.8 Å². The number of nitrogens with zero attached hydrogens (tertiary/aromatic N) is 3. The fourth-order valence-corrected chi connectivity index (χ4v) is 3.89. The second kappa shape index (κ2) is 10.1. The predicted molar refractivity (Wildman–Crippen MR) is 127 cm³/mol. The molecule has 0 unspecified atom stereocenters. The number of hydrogen-bond donors (Lipinski definition) is 1. The number of rotatable bonds is 7. The van der Waals surface area contributed by atoms with Crippen molar-refractivity contribution in [3.05, 3.63) is 94.5 Å². The van der Waals surface area contributed by atoms with Gasteiger partial charge in [-0.15, -0.1) is 0 Å². The number of carbonyl (C=O) groups excluding carboxylic acids is 1. The Labute approximate surface area is 192 Å². The number of methoxy groups -OCH3 is 1. The van der Waals surface area contributed by atoms with E-state index < -0.39 is 11.7 Å². The zero-order chi connectivity index (χ0) is 23.2. The first kappa shape index (κ1) is 22.2. The maximum atomic E-state index is 13.6. The number of nitrogens with one attached hydrogen (secondary N) is 1. The van der Waals surface area contributed by atoms with Gasteiger partial charge in [0.2, 0.25) is 0 Å². The van der Waals surface area contributed by atoms with E-state index in [9.17, 15) is 14.0 Å². The van der Waals surface area contributed by atoms with Gasteiger partial charge in [-0.05, 0) is 42.5 Å². The maximum absolute atomic E-state index is 13.6. The van der Waals surface area contributed by atoms with Gasteiger partial charge in [0.15, 0.2) is 5.16 Å². The number of amides is 1. The summed E-state index contributed by atoms with van der Waals surface area (Å²) < 4.78 is 20.3. The molecule has 0 spiro atoms. The van der Waals surface area contributed by atoms with Gasteiger partial charge in [-0.25, -0.2) is 14.8 Å². The monoisotopic (exact) mass is 462 g/mol. The van der Waals surface area contributed by atoms with Crippen molar-refractivity contribution in [3.8, 4) is 11.4 Å². The minimum atomic E-state index is -0.436. The molecule has 0 saturated heterocycles. The molecule has 3 aromatic carbocycles. The number of carbonyl (C=O) groups is 1. The molecule has 9 heteroatoms. The van der Waals surface area contributed by atoms with Gasteiger partial charge in [0, 0.05) is 5.56 Å². The lowest BCUT2D eigenvalue weighted by Crippen LogP contribution is -2.24. The van der Waals surface area contributed by atoms with Crippen LogP contribution in [0.2, 0.25) is 0 Å². The van der Waals surface area contributed by atoms with E-state index in [1.54, 1.807) is 73.8 Å². The zero-order valence-corrected chi connectivity index (χ0v) is 18.4. The summed E-state index contributed by atoms with van der Waals surface area (Å²) in [5, 5.41) is 4.63. The Bertz CT molecular complexity index is 1390. The van der Waals surface area contributed by atoms with Crippen LogP contribution < -0.4 is 15.7 Å². The number of fused-ring (bicyclic) bond motifs is 1. The number of benzene rings is 3. The van der Waals surface area contributed by atoms with E-state index in [0.717, 1.165) is 11.8 Å². The molecule has 0 atom stereocenters. The quantitative estimate of drug-likeness (QED) is 0.196. The highest BCUT2D eigenvalue weighted by Gasteiger charge is 2.15. The van der Waals surface area contributed by atoms with Crippen LogP contribution in [0.4, 0.5) is 4.39 Å². The number of para-hydroxylation sites is 1. The topological polar surface area (TPSA) is 85.6 Å². The van der Waals surface area contributed by atoms with E-state index in [4.69, 9.17) is 4.74 Å². The molecule has 0 aliphatic rings. The highest BCUT2D eigenvalue weighted by molar-refractivity contribution is 7.99. The van der Waals surface area contributed by atoms with E-state index in [0.29, 0.717) is 27.5 Å². The van der Waals surface area contributed by atoms with Crippen LogP contribution in [-0.4, -0.2) is 34.5 Å². The molecule has 4 rings (SSSR count). The molecule has 1 N–H and O–H groups in total. The molecule has 7 nitrogen and oxygen atoms in total. The molecule has 1 aromatic heterocycles. The van der Waals surface area contributed by atoms with Crippen LogP contribution in [0.25, 0.3) is 16.6 Å². The lowest BCUT2D eigenvalue weighted by Gasteiger charge is -2.13. The predicted octanol–water partition coefficient (Wildman–Crippen LogP) is 3.78. The van der Waals surface area contributed by atoms with Gasteiger partial charge in [0.05, 0.1) is 35.7 Å². The average molecular weight is 463 g/mol. The Morgan fingerprint density at radius 1 is 1.12 bits per heavy atom. The third kappa shape index (κ3) is 5.09. The highest BCUT2D eigenvalue weighted by Crippen LogP contribution is 2.22. The van der Waals surface area contributed by atoms with Crippen molar-refractivity contribution in [2.45, 2.75) is 5.16 Å². The molecule has 0 aliphatic carbocycles. The molecule has 33 heavy (non-hydrogen) atoms. The van der Waals surface area contributed by atoms with Crippen molar-refractivity contribution < 1.29 is 13.9 Å². The first-order chi connectivity index (χ1) is 16.1. The molecule has 0 fully saturated rings. The van der Waals surface area contributed by atoms with Crippen LogP contribution in [-0.2, 0) is 4.79 Å². The SMILES string of the molecule is COc1ccc(-n2c(SCC(=O)N/N=C\c3ccccc3F)nc3ccccc3c2=O)cc1. The Morgan fingerprint density at radius 3 is 2.61 bits per heavy atom. The van der Waals surface area contributed by atoms with Crippen LogP contribution >= 0.6 is 11.8 Å². The summed E-state index contributed by atoms with van der Waals surface area (Å²) in [5.41, 5.74) is 3.51. The largest absolute Gasteiger partial charge is 0.497 e. The number of ether oxygens (including phenoxy) is 1. The van der Waals surface area contributed by atoms with E-state index in [-0.39, 0.29) is 16.9 Å². The Kier molecular flexibility index (Phi) is 6.80. The van der Waals surface area contributed by atoms with Crippen LogP contribution in [0.1, 0.15) is 5.56 Å². The van der Waals surface area contributed by atoms with Gasteiger partial charge in [-0.1, -0.05) is 42.1 Å². The van der Waals surface area contributed by atoms with E-state index in [1.165, 1.54) is 16.8 Å². The van der Waals surface area contributed by atoms with Crippen molar-refractivity contribution >= 4 is 34.8 Å². The first-order valence-corrected chi connectivity index (χ1v) is 10.9. The molecule has 0 aliphatic heterocycles. The van der Waals surface area contributed by atoms with E-state index in [1.807, 2.05) is 0 Å². The molecule has 0 bridgehead atoms. The molecule has 4 aromatic rings. The molecular weight excluding hydrogens is 443 g/mol. The summed E-state index contributed by atoms with van der Waals surface area (Å²) in [6.45, 7) is 0. The van der Waals surface area contributed by atoms with Gasteiger partial charge in [0.25, 0.3) is 11.5 Å². The van der Waals surface area contributed by atoms with Crippen molar-refractivity contribution in [1.29, 1.82) is 0 Å². The van der Waals surface area contributed by atoms with Crippen LogP contribution in [0.5, 0.6) is 5.75 Å². The second-order valence-electron chi connectivity index (χ2n) is 6.85. The van der Waals surface area contributed by atoms with E-state index in [2.05, 4.69) is 15.5 Å². The Balaban J connectivity index is 1.58. The molecule has 0 saturated carbocycles. The van der Waals surface area contributed by atoms with Gasteiger partial charge in [-0.2, -0.15) is 5.10 Å². The Morgan fingerprint density at radius 2 is 1.85 bits per heavy atom. The van der Waals surface area contributed by atoms with E-state index >= 15 is 0 Å². The highest BCUT2D eigenvalue weighted by atomic mass is 32.2. The summed E-state index contributed by atoms with van der Waals surface area (Å²) in [6, 6.07) is 20.1. The van der Waals surface area contributed by atoms with Crippen molar-refractivity contribution in [1.82, 2.24) is 15.0 Å². The average Bonchev–Trinajstić information content (AvgIpc) is 2.84. The Hall–Kier alpha value is -3.98. The molecule has 1 amide bonds. The normalized spacial score (nSPS) is 11.1. The van der Waals surface area contributed by atoms with Crippen molar-refractivity contribution in [3.63, 3.8) is 0 Å². The minimum Gasteiger partial charge on any atom is -0.497 e. The summed E-state index contributed by atoms with van der Waals surface area (Å²) in [7, 11) is 1.56. The van der Waals surface area contributed by atoms with Gasteiger partial charge in [0.1, 0.15) is 11.6 Å². The van der Waals surface area contributed by atoms with Gasteiger partial charge in [-0.3, -0.25) is 14.2 Å². The third-order valence-corrected chi connectivity index (χ3v) is 5.64. The molecule has 166 valence electrons. The zero-order valence-electron chi connectivity index (χ0n) is 17.6. The summed E-state index contributed by atoms with van der Waals surface area (Å²) in [5.74, 6) is -0.248.